The Morgan fingerprint density at radius 3 is 2.17 bits per heavy atom. The number of hydrogen-bond donors (Lipinski definition) is 0. The van der Waals surface area contributed by atoms with Gasteiger partial charge in [-0.25, -0.2) is 0 Å². The van der Waals surface area contributed by atoms with E-state index in [0.717, 1.165) is 11.1 Å². The Balaban J connectivity index is 1.58. The van der Waals surface area contributed by atoms with Crippen molar-refractivity contribution in [1.82, 2.24) is 0 Å². The number of nitrogens with zero attached hydrogens (tertiary/aromatic N) is 1. The van der Waals surface area contributed by atoms with Gasteiger partial charge >= 0.3 is 0 Å². The summed E-state index contributed by atoms with van der Waals surface area (Å²) in [7, 11) is 0. The SMILES string of the molecule is Clc1ccccc1C=NOCc1ccc(-c2ccccc2)cc1. The first-order valence-electron chi connectivity index (χ1n) is 7.37. The minimum Gasteiger partial charge on any atom is -0.391 e. The Morgan fingerprint density at radius 1 is 0.783 bits per heavy atom. The normalized spacial score (nSPS) is 10.8. The standard InChI is InChI=1S/C20H16ClNO/c21-20-9-5-4-8-19(20)14-22-23-15-16-10-12-18(13-11-16)17-6-2-1-3-7-17/h1-14H,15H2. The molecule has 0 radical (unpaired) electrons. The van der Waals surface area contributed by atoms with Crippen LogP contribution in [0.3, 0.4) is 0 Å². The van der Waals surface area contributed by atoms with Crippen molar-refractivity contribution in [3.8, 4) is 11.1 Å². The van der Waals surface area contributed by atoms with E-state index in [0.29, 0.717) is 11.6 Å². The van der Waals surface area contributed by atoms with Gasteiger partial charge in [-0.3, -0.25) is 0 Å². The van der Waals surface area contributed by atoms with E-state index in [-0.39, 0.29) is 0 Å². The monoisotopic (exact) mass is 321 g/mol. The van der Waals surface area contributed by atoms with Gasteiger partial charge in [-0.1, -0.05) is 89.6 Å². The molecule has 0 aliphatic rings. The van der Waals surface area contributed by atoms with Gasteiger partial charge in [0, 0.05) is 10.6 Å². The van der Waals surface area contributed by atoms with Gasteiger partial charge in [-0.05, 0) is 22.8 Å². The molecule has 114 valence electrons. The van der Waals surface area contributed by atoms with Crippen molar-refractivity contribution < 1.29 is 4.84 Å². The van der Waals surface area contributed by atoms with Crippen molar-refractivity contribution in [2.45, 2.75) is 6.61 Å². The second kappa shape index (κ2) is 7.61. The van der Waals surface area contributed by atoms with Gasteiger partial charge in [0.25, 0.3) is 0 Å². The molecule has 23 heavy (non-hydrogen) atoms. The third kappa shape index (κ3) is 4.21. The molecule has 0 aliphatic carbocycles. The molecule has 0 fully saturated rings. The van der Waals surface area contributed by atoms with E-state index in [9.17, 15) is 0 Å². The highest BCUT2D eigenvalue weighted by Crippen LogP contribution is 2.19. The zero-order chi connectivity index (χ0) is 15.9. The summed E-state index contributed by atoms with van der Waals surface area (Å²) in [6.07, 6.45) is 1.63. The number of hydrogen-bond acceptors (Lipinski definition) is 2. The van der Waals surface area contributed by atoms with Crippen LogP contribution in [0.1, 0.15) is 11.1 Å². The minimum absolute atomic E-state index is 0.427. The summed E-state index contributed by atoms with van der Waals surface area (Å²) in [5, 5.41) is 4.63. The summed E-state index contributed by atoms with van der Waals surface area (Å²) < 4.78 is 0. The molecule has 0 heterocycles. The molecule has 2 nitrogen and oxygen atoms in total. The molecule has 0 bridgehead atoms. The van der Waals surface area contributed by atoms with E-state index in [1.165, 1.54) is 11.1 Å². The lowest BCUT2D eigenvalue weighted by Gasteiger charge is -2.04. The van der Waals surface area contributed by atoms with Gasteiger partial charge in [0.2, 0.25) is 0 Å². The third-order valence-electron chi connectivity index (χ3n) is 3.46. The van der Waals surface area contributed by atoms with Crippen molar-refractivity contribution in [2.24, 2.45) is 5.16 Å². The largest absolute Gasteiger partial charge is 0.391 e. The highest BCUT2D eigenvalue weighted by atomic mass is 35.5. The van der Waals surface area contributed by atoms with Crippen LogP contribution in [-0.2, 0) is 11.4 Å². The number of rotatable bonds is 5. The summed E-state index contributed by atoms with van der Waals surface area (Å²) in [5.74, 6) is 0. The Labute approximate surface area is 141 Å². The Hall–Kier alpha value is -2.58. The molecule has 0 aliphatic heterocycles. The first-order chi connectivity index (χ1) is 11.3. The Bertz CT molecular complexity index is 782. The fraction of sp³-hybridized carbons (Fsp3) is 0.0500. The number of oxime groups is 1. The molecule has 0 amide bonds. The quantitative estimate of drug-likeness (QED) is 0.445. The number of benzene rings is 3. The van der Waals surface area contributed by atoms with Gasteiger partial charge in [-0.2, -0.15) is 0 Å². The predicted molar refractivity (Wildman–Crippen MR) is 95.7 cm³/mol. The zero-order valence-electron chi connectivity index (χ0n) is 12.5. The van der Waals surface area contributed by atoms with Crippen LogP contribution in [0, 0.1) is 0 Å². The maximum absolute atomic E-state index is 6.05. The lowest BCUT2D eigenvalue weighted by molar-refractivity contribution is 0.132. The topological polar surface area (TPSA) is 21.6 Å². The van der Waals surface area contributed by atoms with E-state index in [1.807, 2.05) is 54.6 Å². The molecule has 0 atom stereocenters. The first kappa shape index (κ1) is 15.3. The maximum Gasteiger partial charge on any atom is 0.142 e. The third-order valence-corrected chi connectivity index (χ3v) is 3.81. The van der Waals surface area contributed by atoms with Crippen LogP contribution in [0.15, 0.2) is 84.0 Å². The van der Waals surface area contributed by atoms with Crippen LogP contribution in [-0.4, -0.2) is 6.21 Å². The summed E-state index contributed by atoms with van der Waals surface area (Å²) in [6.45, 7) is 0.427. The average molecular weight is 322 g/mol. The van der Waals surface area contributed by atoms with Gasteiger partial charge in [-0.15, -0.1) is 0 Å². The van der Waals surface area contributed by atoms with Gasteiger partial charge in [0.15, 0.2) is 0 Å². The molecular formula is C20H16ClNO. The molecule has 0 N–H and O–H groups in total. The fourth-order valence-corrected chi connectivity index (χ4v) is 2.39. The lowest BCUT2D eigenvalue weighted by Crippen LogP contribution is -1.89. The van der Waals surface area contributed by atoms with E-state index >= 15 is 0 Å². The van der Waals surface area contributed by atoms with Crippen molar-refractivity contribution in [3.63, 3.8) is 0 Å². The fourth-order valence-electron chi connectivity index (χ4n) is 2.21. The van der Waals surface area contributed by atoms with Crippen LogP contribution in [0.2, 0.25) is 5.02 Å². The van der Waals surface area contributed by atoms with Crippen molar-refractivity contribution in [3.05, 3.63) is 95.0 Å². The molecule has 3 aromatic rings. The van der Waals surface area contributed by atoms with Gasteiger partial charge in [0.1, 0.15) is 6.61 Å². The van der Waals surface area contributed by atoms with Gasteiger partial charge in [0.05, 0.1) is 6.21 Å². The molecule has 0 saturated heterocycles. The maximum atomic E-state index is 6.05. The molecule has 0 spiro atoms. The highest BCUT2D eigenvalue weighted by molar-refractivity contribution is 6.33. The molecule has 3 rings (SSSR count). The molecule has 0 unspecified atom stereocenters. The highest BCUT2D eigenvalue weighted by Gasteiger charge is 1.98. The van der Waals surface area contributed by atoms with Crippen molar-refractivity contribution in [2.75, 3.05) is 0 Å². The zero-order valence-corrected chi connectivity index (χ0v) is 13.3. The summed E-state index contributed by atoms with van der Waals surface area (Å²) in [5.41, 5.74) is 4.31. The van der Waals surface area contributed by atoms with Crippen LogP contribution >= 0.6 is 11.6 Å². The van der Waals surface area contributed by atoms with E-state index in [2.05, 4.69) is 29.4 Å². The predicted octanol–water partition coefficient (Wildman–Crippen LogP) is 5.56. The molecular weight excluding hydrogens is 306 g/mol. The first-order valence-corrected chi connectivity index (χ1v) is 7.75. The van der Waals surface area contributed by atoms with Crippen LogP contribution < -0.4 is 0 Å². The molecule has 3 heteroatoms. The Morgan fingerprint density at radius 2 is 1.43 bits per heavy atom. The summed E-state index contributed by atoms with van der Waals surface area (Å²) in [6, 6.07) is 26.1. The lowest BCUT2D eigenvalue weighted by atomic mass is 10.0. The summed E-state index contributed by atoms with van der Waals surface area (Å²) >= 11 is 6.05. The number of halogens is 1. The van der Waals surface area contributed by atoms with E-state index in [4.69, 9.17) is 16.4 Å². The van der Waals surface area contributed by atoms with E-state index < -0.39 is 0 Å². The molecule has 0 saturated carbocycles. The minimum atomic E-state index is 0.427. The molecule has 0 aromatic heterocycles. The average Bonchev–Trinajstić information content (AvgIpc) is 2.61. The van der Waals surface area contributed by atoms with Crippen LogP contribution in [0.5, 0.6) is 0 Å². The van der Waals surface area contributed by atoms with Crippen molar-refractivity contribution >= 4 is 17.8 Å². The van der Waals surface area contributed by atoms with Crippen LogP contribution in [0.25, 0.3) is 11.1 Å². The summed E-state index contributed by atoms with van der Waals surface area (Å²) in [4.78, 5) is 5.34. The van der Waals surface area contributed by atoms with E-state index in [1.54, 1.807) is 6.21 Å². The second-order valence-corrected chi connectivity index (χ2v) is 5.50. The molecule has 3 aromatic carbocycles. The van der Waals surface area contributed by atoms with Crippen LogP contribution in [0.4, 0.5) is 0 Å². The smallest absolute Gasteiger partial charge is 0.142 e. The Kier molecular flexibility index (Phi) is 5.07. The second-order valence-electron chi connectivity index (χ2n) is 5.09. The van der Waals surface area contributed by atoms with Crippen molar-refractivity contribution in [1.29, 1.82) is 0 Å². The van der Waals surface area contributed by atoms with Gasteiger partial charge < -0.3 is 4.84 Å².